The summed E-state index contributed by atoms with van der Waals surface area (Å²) in [6, 6.07) is 3.62. The fraction of sp³-hybridized carbons (Fsp3) is 0.444. The molecule has 0 aliphatic heterocycles. The van der Waals surface area contributed by atoms with E-state index in [2.05, 4.69) is 20.9 Å². The van der Waals surface area contributed by atoms with Gasteiger partial charge in [0, 0.05) is 5.56 Å². The van der Waals surface area contributed by atoms with Crippen molar-refractivity contribution in [3.8, 4) is 0 Å². The van der Waals surface area contributed by atoms with E-state index in [1.165, 1.54) is 0 Å². The summed E-state index contributed by atoms with van der Waals surface area (Å²) in [6.07, 6.45) is 1.74. The zero-order chi connectivity index (χ0) is 9.42. The maximum absolute atomic E-state index is 9.79. The van der Waals surface area contributed by atoms with Crippen LogP contribution in [0.25, 0.3) is 0 Å². The second kappa shape index (κ2) is 3.56. The maximum atomic E-state index is 9.79. The number of halogens is 2. The lowest BCUT2D eigenvalue weighted by Gasteiger charge is -2.10. The van der Waals surface area contributed by atoms with Gasteiger partial charge in [-0.05, 0) is 40.8 Å². The van der Waals surface area contributed by atoms with Gasteiger partial charge in [-0.25, -0.2) is 4.98 Å². The van der Waals surface area contributed by atoms with E-state index in [4.69, 9.17) is 11.6 Å². The predicted molar refractivity (Wildman–Crippen MR) is 54.6 cm³/mol. The molecule has 1 aliphatic rings. The first-order chi connectivity index (χ1) is 6.18. The first-order valence-electron chi connectivity index (χ1n) is 4.18. The third kappa shape index (κ3) is 2.03. The standard InChI is InChI=1S/C9H9BrClNO/c10-7-4-3-6(9(11)12-7)8(13)5-1-2-5/h3-5,8,13H,1-2H2. The lowest BCUT2D eigenvalue weighted by Crippen LogP contribution is -2.01. The molecule has 0 saturated heterocycles. The van der Waals surface area contributed by atoms with Gasteiger partial charge in [0.05, 0.1) is 6.10 Å². The molecule has 0 amide bonds. The Hall–Kier alpha value is -0.120. The summed E-state index contributed by atoms with van der Waals surface area (Å²) in [6.45, 7) is 0. The first-order valence-corrected chi connectivity index (χ1v) is 5.35. The van der Waals surface area contributed by atoms with E-state index in [1.54, 1.807) is 6.07 Å². The largest absolute Gasteiger partial charge is 0.388 e. The quantitative estimate of drug-likeness (QED) is 0.831. The van der Waals surface area contributed by atoms with Crippen LogP contribution in [0.1, 0.15) is 24.5 Å². The van der Waals surface area contributed by atoms with Crippen LogP contribution in [-0.4, -0.2) is 10.1 Å². The van der Waals surface area contributed by atoms with Crippen molar-refractivity contribution in [1.29, 1.82) is 0 Å². The fourth-order valence-electron chi connectivity index (χ4n) is 1.31. The van der Waals surface area contributed by atoms with E-state index in [1.807, 2.05) is 6.07 Å². The number of aliphatic hydroxyl groups excluding tert-OH is 1. The molecule has 1 unspecified atom stereocenters. The monoisotopic (exact) mass is 261 g/mol. The van der Waals surface area contributed by atoms with E-state index in [0.29, 0.717) is 15.7 Å². The molecule has 1 aromatic heterocycles. The smallest absolute Gasteiger partial charge is 0.136 e. The van der Waals surface area contributed by atoms with Gasteiger partial charge in [0.1, 0.15) is 9.76 Å². The van der Waals surface area contributed by atoms with Crippen molar-refractivity contribution in [3.05, 3.63) is 27.5 Å². The maximum Gasteiger partial charge on any atom is 0.136 e. The Morgan fingerprint density at radius 2 is 2.23 bits per heavy atom. The molecule has 1 saturated carbocycles. The fourth-order valence-corrected chi connectivity index (χ4v) is 1.99. The molecule has 4 heteroatoms. The molecule has 0 spiro atoms. The Balaban J connectivity index is 2.28. The highest BCUT2D eigenvalue weighted by Crippen LogP contribution is 2.42. The molecule has 2 rings (SSSR count). The van der Waals surface area contributed by atoms with E-state index >= 15 is 0 Å². The molecule has 13 heavy (non-hydrogen) atoms. The van der Waals surface area contributed by atoms with Crippen LogP contribution < -0.4 is 0 Å². The highest BCUT2D eigenvalue weighted by molar-refractivity contribution is 9.10. The van der Waals surface area contributed by atoms with Gasteiger partial charge >= 0.3 is 0 Å². The first kappa shape index (κ1) is 9.44. The lowest BCUT2D eigenvalue weighted by atomic mass is 10.1. The van der Waals surface area contributed by atoms with Crippen molar-refractivity contribution < 1.29 is 5.11 Å². The summed E-state index contributed by atoms with van der Waals surface area (Å²) in [7, 11) is 0. The summed E-state index contributed by atoms with van der Waals surface area (Å²) in [5.74, 6) is 0.389. The van der Waals surface area contributed by atoms with E-state index in [-0.39, 0.29) is 0 Å². The molecule has 2 nitrogen and oxygen atoms in total. The SMILES string of the molecule is OC(c1ccc(Br)nc1Cl)C1CC1. The van der Waals surface area contributed by atoms with E-state index < -0.39 is 6.10 Å². The molecule has 1 aliphatic carbocycles. The Morgan fingerprint density at radius 1 is 1.54 bits per heavy atom. The Morgan fingerprint density at radius 3 is 2.77 bits per heavy atom. The second-order valence-corrected chi connectivity index (χ2v) is 4.47. The molecule has 1 aromatic rings. The van der Waals surface area contributed by atoms with Crippen molar-refractivity contribution in [2.45, 2.75) is 18.9 Å². The molecule has 1 fully saturated rings. The topological polar surface area (TPSA) is 33.1 Å². The number of pyridine rings is 1. The normalized spacial score (nSPS) is 18.7. The average Bonchev–Trinajstić information content (AvgIpc) is 2.85. The van der Waals surface area contributed by atoms with Crippen molar-refractivity contribution in [2.75, 3.05) is 0 Å². The average molecular weight is 263 g/mol. The van der Waals surface area contributed by atoms with Gasteiger partial charge in [-0.2, -0.15) is 0 Å². The molecule has 1 heterocycles. The van der Waals surface area contributed by atoms with Gasteiger partial charge in [0.25, 0.3) is 0 Å². The van der Waals surface area contributed by atoms with Crippen LogP contribution in [0.3, 0.4) is 0 Å². The minimum absolute atomic E-state index is 0.389. The molecule has 0 aromatic carbocycles. The van der Waals surface area contributed by atoms with Crippen molar-refractivity contribution in [2.24, 2.45) is 5.92 Å². The van der Waals surface area contributed by atoms with Crippen molar-refractivity contribution in [1.82, 2.24) is 4.98 Å². The molecule has 70 valence electrons. The Bertz CT molecular complexity index is 327. The number of aliphatic hydroxyl groups is 1. The molecular formula is C9H9BrClNO. The zero-order valence-corrected chi connectivity index (χ0v) is 9.22. The van der Waals surface area contributed by atoms with E-state index in [9.17, 15) is 5.11 Å². The van der Waals surface area contributed by atoms with E-state index in [0.717, 1.165) is 18.4 Å². The van der Waals surface area contributed by atoms with Gasteiger partial charge in [-0.15, -0.1) is 0 Å². The summed E-state index contributed by atoms with van der Waals surface area (Å²) in [5.41, 5.74) is 0.743. The van der Waals surface area contributed by atoms with Crippen LogP contribution in [0.2, 0.25) is 5.15 Å². The minimum Gasteiger partial charge on any atom is -0.388 e. The molecule has 1 N–H and O–H groups in total. The van der Waals surface area contributed by atoms with Gasteiger partial charge in [0.2, 0.25) is 0 Å². The number of hydrogen-bond acceptors (Lipinski definition) is 2. The van der Waals surface area contributed by atoms with Crippen LogP contribution in [-0.2, 0) is 0 Å². The highest BCUT2D eigenvalue weighted by atomic mass is 79.9. The van der Waals surface area contributed by atoms with Crippen LogP contribution in [0, 0.1) is 5.92 Å². The molecule has 0 bridgehead atoms. The molecular weight excluding hydrogens is 253 g/mol. The third-order valence-corrected chi connectivity index (χ3v) is 2.98. The number of aromatic nitrogens is 1. The Kier molecular flexibility index (Phi) is 2.58. The summed E-state index contributed by atoms with van der Waals surface area (Å²) < 4.78 is 0.698. The summed E-state index contributed by atoms with van der Waals surface area (Å²) in [4.78, 5) is 4.03. The van der Waals surface area contributed by atoms with Crippen molar-refractivity contribution in [3.63, 3.8) is 0 Å². The van der Waals surface area contributed by atoms with Crippen LogP contribution in [0.15, 0.2) is 16.7 Å². The van der Waals surface area contributed by atoms with Crippen LogP contribution >= 0.6 is 27.5 Å². The third-order valence-electron chi connectivity index (χ3n) is 2.23. The number of hydrogen-bond donors (Lipinski definition) is 1. The lowest BCUT2D eigenvalue weighted by molar-refractivity contribution is 0.153. The minimum atomic E-state index is -0.437. The molecule has 1 atom stereocenters. The Labute approximate surface area is 90.1 Å². The summed E-state index contributed by atoms with van der Waals surface area (Å²) >= 11 is 9.12. The van der Waals surface area contributed by atoms with Crippen LogP contribution in [0.5, 0.6) is 0 Å². The van der Waals surface area contributed by atoms with Crippen molar-refractivity contribution >= 4 is 27.5 Å². The van der Waals surface area contributed by atoms with Gasteiger partial charge < -0.3 is 5.11 Å². The number of nitrogens with zero attached hydrogens (tertiary/aromatic N) is 1. The summed E-state index contributed by atoms with van der Waals surface area (Å²) in [5, 5.41) is 10.2. The van der Waals surface area contributed by atoms with Gasteiger partial charge in [0.15, 0.2) is 0 Å². The number of rotatable bonds is 2. The predicted octanol–water partition coefficient (Wildman–Crippen LogP) is 2.94. The van der Waals surface area contributed by atoms with Gasteiger partial charge in [-0.3, -0.25) is 0 Å². The second-order valence-electron chi connectivity index (χ2n) is 3.30. The zero-order valence-electron chi connectivity index (χ0n) is 6.87. The van der Waals surface area contributed by atoms with Gasteiger partial charge in [-0.1, -0.05) is 17.7 Å². The molecule has 0 radical (unpaired) electrons. The highest BCUT2D eigenvalue weighted by Gasteiger charge is 2.32. The van der Waals surface area contributed by atoms with Crippen LogP contribution in [0.4, 0.5) is 0 Å².